The molecule has 0 heterocycles. The fraction of sp³-hybridized carbons (Fsp3) is 0.286. The third kappa shape index (κ3) is 5.57. The molecule has 0 unspecified atom stereocenters. The lowest BCUT2D eigenvalue weighted by molar-refractivity contribution is -0.120. The van der Waals surface area contributed by atoms with Crippen LogP contribution in [-0.2, 0) is 9.53 Å². The van der Waals surface area contributed by atoms with Crippen LogP contribution in [0.5, 0.6) is 5.75 Å². The molecule has 0 aliphatic carbocycles. The largest absolute Gasteiger partial charge is 0.483 e. The summed E-state index contributed by atoms with van der Waals surface area (Å²) in [6.45, 7) is 4.00. The Morgan fingerprint density at radius 1 is 1.14 bits per heavy atom. The van der Waals surface area contributed by atoms with Crippen molar-refractivity contribution in [3.05, 3.63) is 57.6 Å². The van der Waals surface area contributed by atoms with Crippen molar-refractivity contribution in [2.24, 2.45) is 0 Å². The highest BCUT2D eigenvalue weighted by Crippen LogP contribution is 2.27. The van der Waals surface area contributed by atoms with Crippen molar-refractivity contribution in [3.8, 4) is 11.8 Å². The average molecular weight is 445 g/mol. The average Bonchev–Trinajstić information content (AvgIpc) is 2.65. The van der Waals surface area contributed by atoms with Gasteiger partial charge in [0.1, 0.15) is 5.75 Å². The van der Waals surface area contributed by atoms with E-state index in [1.54, 1.807) is 23.1 Å². The number of carbonyl (C=O) groups is 2. The number of aryl methyl sites for hydroxylation is 2. The molecule has 0 aliphatic rings. The molecule has 2 rings (SSSR count). The summed E-state index contributed by atoms with van der Waals surface area (Å²) in [5, 5.41) is 8.93. The van der Waals surface area contributed by atoms with Crippen LogP contribution >= 0.6 is 15.9 Å². The van der Waals surface area contributed by atoms with Crippen molar-refractivity contribution >= 4 is 33.5 Å². The van der Waals surface area contributed by atoms with Crippen LogP contribution in [0, 0.1) is 25.2 Å². The number of rotatable bonds is 7. The van der Waals surface area contributed by atoms with Crippen LogP contribution in [-0.4, -0.2) is 32.1 Å². The lowest BCUT2D eigenvalue weighted by Crippen LogP contribution is -2.35. The molecule has 7 heteroatoms. The van der Waals surface area contributed by atoms with Gasteiger partial charge in [-0.1, -0.05) is 6.07 Å². The summed E-state index contributed by atoms with van der Waals surface area (Å²) in [4.78, 5) is 25.9. The minimum Gasteiger partial charge on any atom is -0.483 e. The maximum Gasteiger partial charge on any atom is 0.337 e. The summed E-state index contributed by atoms with van der Waals surface area (Å²) in [6.07, 6.45) is 0.219. The third-order valence-corrected chi connectivity index (χ3v) is 4.59. The highest BCUT2D eigenvalue weighted by molar-refractivity contribution is 9.10. The molecule has 0 aromatic heterocycles. The molecule has 0 saturated carbocycles. The predicted molar refractivity (Wildman–Crippen MR) is 109 cm³/mol. The normalized spacial score (nSPS) is 10.1. The van der Waals surface area contributed by atoms with E-state index in [1.165, 1.54) is 7.11 Å². The standard InChI is InChI=1S/C21H21BrN2O4/c1-14-9-15(2)11-17(10-14)24(8-4-7-23)20(25)13-28-19-6-5-16(12-18(19)22)21(26)27-3/h5-6,9-12H,4,8,13H2,1-3H3. The van der Waals surface area contributed by atoms with Gasteiger partial charge in [0.05, 0.1) is 29.6 Å². The predicted octanol–water partition coefficient (Wildman–Crippen LogP) is 4.18. The highest BCUT2D eigenvalue weighted by Gasteiger charge is 2.18. The van der Waals surface area contributed by atoms with E-state index in [1.807, 2.05) is 32.0 Å². The van der Waals surface area contributed by atoms with E-state index in [-0.39, 0.29) is 25.5 Å². The fourth-order valence-electron chi connectivity index (χ4n) is 2.75. The molecular formula is C21H21BrN2O4. The van der Waals surface area contributed by atoms with E-state index in [0.717, 1.165) is 16.8 Å². The van der Waals surface area contributed by atoms with Crippen molar-refractivity contribution in [2.75, 3.05) is 25.2 Å². The maximum absolute atomic E-state index is 12.8. The van der Waals surface area contributed by atoms with Crippen LogP contribution < -0.4 is 9.64 Å². The summed E-state index contributed by atoms with van der Waals surface area (Å²) < 4.78 is 10.9. The maximum atomic E-state index is 12.8. The SMILES string of the molecule is COC(=O)c1ccc(OCC(=O)N(CCC#N)c2cc(C)cc(C)c2)c(Br)c1. The lowest BCUT2D eigenvalue weighted by atomic mass is 10.1. The van der Waals surface area contributed by atoms with Crippen molar-refractivity contribution in [1.29, 1.82) is 5.26 Å². The van der Waals surface area contributed by atoms with Crippen molar-refractivity contribution in [1.82, 2.24) is 0 Å². The summed E-state index contributed by atoms with van der Waals surface area (Å²) in [7, 11) is 1.31. The van der Waals surface area contributed by atoms with Crippen LogP contribution in [0.3, 0.4) is 0 Å². The zero-order chi connectivity index (χ0) is 20.7. The number of hydrogen-bond donors (Lipinski definition) is 0. The Labute approximate surface area is 172 Å². The minimum atomic E-state index is -0.458. The van der Waals surface area contributed by atoms with Gasteiger partial charge in [-0.3, -0.25) is 4.79 Å². The molecule has 0 radical (unpaired) electrons. The first kappa shape index (κ1) is 21.5. The first-order valence-corrected chi connectivity index (χ1v) is 9.41. The molecule has 1 amide bonds. The molecule has 6 nitrogen and oxygen atoms in total. The van der Waals surface area contributed by atoms with Gasteiger partial charge in [-0.2, -0.15) is 5.26 Å². The number of hydrogen-bond acceptors (Lipinski definition) is 5. The van der Waals surface area contributed by atoms with Gasteiger partial charge in [-0.15, -0.1) is 0 Å². The second-order valence-corrected chi connectivity index (χ2v) is 7.08. The van der Waals surface area contributed by atoms with E-state index >= 15 is 0 Å². The summed E-state index contributed by atoms with van der Waals surface area (Å²) in [5.41, 5.74) is 3.18. The number of carbonyl (C=O) groups excluding carboxylic acids is 2. The molecule has 0 N–H and O–H groups in total. The molecule has 0 atom stereocenters. The van der Waals surface area contributed by atoms with E-state index in [4.69, 9.17) is 10.00 Å². The van der Waals surface area contributed by atoms with Crippen molar-refractivity contribution in [2.45, 2.75) is 20.3 Å². The van der Waals surface area contributed by atoms with Crippen LogP contribution in [0.4, 0.5) is 5.69 Å². The van der Waals surface area contributed by atoms with E-state index in [0.29, 0.717) is 15.8 Å². The molecular weight excluding hydrogens is 424 g/mol. The van der Waals surface area contributed by atoms with Crippen LogP contribution in [0.1, 0.15) is 27.9 Å². The zero-order valence-corrected chi connectivity index (χ0v) is 17.6. The molecule has 0 aliphatic heterocycles. The highest BCUT2D eigenvalue weighted by atomic mass is 79.9. The van der Waals surface area contributed by atoms with Gasteiger partial charge in [0.25, 0.3) is 5.91 Å². The minimum absolute atomic E-state index is 0.200. The summed E-state index contributed by atoms with van der Waals surface area (Å²) in [5.74, 6) is -0.285. The topological polar surface area (TPSA) is 79.6 Å². The Hall–Kier alpha value is -2.85. The number of benzene rings is 2. The molecule has 146 valence electrons. The molecule has 0 bridgehead atoms. The number of methoxy groups -OCH3 is 1. The smallest absolute Gasteiger partial charge is 0.337 e. The van der Waals surface area contributed by atoms with E-state index in [9.17, 15) is 9.59 Å². The number of amides is 1. The molecule has 0 spiro atoms. The zero-order valence-electron chi connectivity index (χ0n) is 16.0. The van der Waals surface area contributed by atoms with Gasteiger partial charge in [0.15, 0.2) is 6.61 Å². The van der Waals surface area contributed by atoms with Crippen LogP contribution in [0.2, 0.25) is 0 Å². The second kappa shape index (κ2) is 9.90. The number of anilines is 1. The van der Waals surface area contributed by atoms with Gasteiger partial charge >= 0.3 is 5.97 Å². The first-order valence-electron chi connectivity index (χ1n) is 8.62. The Kier molecular flexibility index (Phi) is 7.59. The molecule has 28 heavy (non-hydrogen) atoms. The van der Waals surface area contributed by atoms with Gasteiger partial charge in [0, 0.05) is 12.2 Å². The lowest BCUT2D eigenvalue weighted by Gasteiger charge is -2.23. The molecule has 0 saturated heterocycles. The first-order chi connectivity index (χ1) is 13.3. The van der Waals surface area contributed by atoms with Gasteiger partial charge in [0.2, 0.25) is 0 Å². The Balaban J connectivity index is 2.15. The fourth-order valence-corrected chi connectivity index (χ4v) is 3.24. The number of esters is 1. The molecule has 0 fully saturated rings. The number of halogens is 1. The van der Waals surface area contributed by atoms with Gasteiger partial charge in [-0.05, 0) is 71.2 Å². The number of nitrogens with zero attached hydrogens (tertiary/aromatic N) is 2. The third-order valence-electron chi connectivity index (χ3n) is 3.97. The Bertz CT molecular complexity index is 901. The molecule has 2 aromatic carbocycles. The Morgan fingerprint density at radius 2 is 1.82 bits per heavy atom. The van der Waals surface area contributed by atoms with Crippen LogP contribution in [0.25, 0.3) is 0 Å². The monoisotopic (exact) mass is 444 g/mol. The quantitative estimate of drug-likeness (QED) is 0.598. The van der Waals surface area contributed by atoms with Crippen LogP contribution in [0.15, 0.2) is 40.9 Å². The van der Waals surface area contributed by atoms with Crippen molar-refractivity contribution in [3.63, 3.8) is 0 Å². The number of nitriles is 1. The van der Waals surface area contributed by atoms with Gasteiger partial charge < -0.3 is 14.4 Å². The number of ether oxygens (including phenoxy) is 2. The van der Waals surface area contributed by atoms with Crippen molar-refractivity contribution < 1.29 is 19.1 Å². The summed E-state index contributed by atoms with van der Waals surface area (Å²) >= 11 is 3.34. The summed E-state index contributed by atoms with van der Waals surface area (Å²) in [6, 6.07) is 12.6. The Morgan fingerprint density at radius 3 is 2.39 bits per heavy atom. The second-order valence-electron chi connectivity index (χ2n) is 6.22. The van der Waals surface area contributed by atoms with E-state index < -0.39 is 5.97 Å². The molecule has 2 aromatic rings. The van der Waals surface area contributed by atoms with Gasteiger partial charge in [-0.25, -0.2) is 4.79 Å². The van der Waals surface area contributed by atoms with E-state index in [2.05, 4.69) is 26.7 Å².